The van der Waals surface area contributed by atoms with Gasteiger partial charge in [0.1, 0.15) is 23.1 Å². The van der Waals surface area contributed by atoms with Crippen molar-refractivity contribution in [2.75, 3.05) is 5.32 Å². The molecule has 2 aliphatic heterocycles. The number of anilines is 1. The zero-order valence-corrected chi connectivity index (χ0v) is 34.0. The van der Waals surface area contributed by atoms with E-state index in [0.29, 0.717) is 59.1 Å². The van der Waals surface area contributed by atoms with Gasteiger partial charge in [-0.25, -0.2) is 8.78 Å². The summed E-state index contributed by atoms with van der Waals surface area (Å²) in [5.41, 5.74) is 3.15. The lowest BCUT2D eigenvalue weighted by molar-refractivity contribution is -0.136. The number of fused-ring (bicyclic) bond motifs is 2. The van der Waals surface area contributed by atoms with E-state index in [-0.39, 0.29) is 53.4 Å². The third-order valence-electron chi connectivity index (χ3n) is 10.9. The Bertz CT molecular complexity index is 2940. The van der Waals surface area contributed by atoms with E-state index in [4.69, 9.17) is 4.74 Å². The molecule has 5 heterocycles. The number of nitrogens with one attached hydrogen (secondary N) is 3. The highest BCUT2D eigenvalue weighted by Gasteiger charge is 2.45. The molecule has 8 rings (SSSR count). The Morgan fingerprint density at radius 2 is 1.76 bits per heavy atom. The van der Waals surface area contributed by atoms with Gasteiger partial charge in [0, 0.05) is 85.3 Å². The third kappa shape index (κ3) is 9.01. The Kier molecular flexibility index (Phi) is 12.0. The van der Waals surface area contributed by atoms with E-state index >= 15 is 0 Å². The van der Waals surface area contributed by atoms with Crippen LogP contribution in [0.3, 0.4) is 0 Å². The molecule has 1 fully saturated rings. The Morgan fingerprint density at radius 3 is 2.59 bits per heavy atom. The van der Waals surface area contributed by atoms with E-state index in [1.807, 2.05) is 6.20 Å². The zero-order chi connectivity index (χ0) is 44.2. The number of aromatic nitrogens is 5. The number of halogens is 2. The van der Waals surface area contributed by atoms with Crippen molar-refractivity contribution in [2.24, 2.45) is 7.05 Å². The van der Waals surface area contributed by atoms with Crippen LogP contribution in [-0.4, -0.2) is 65.0 Å². The summed E-state index contributed by atoms with van der Waals surface area (Å²) in [6.45, 7) is 0.639. The monoisotopic (exact) mass is 854 g/mol. The summed E-state index contributed by atoms with van der Waals surface area (Å²) in [5, 5.41) is 14.2. The van der Waals surface area contributed by atoms with E-state index in [1.54, 1.807) is 60.5 Å². The maximum Gasteiger partial charge on any atom is 0.274 e. The molecule has 15 nitrogen and oxygen atoms in total. The lowest BCUT2D eigenvalue weighted by Gasteiger charge is -2.27. The van der Waals surface area contributed by atoms with E-state index in [9.17, 15) is 37.5 Å². The molecule has 2 aliphatic rings. The molecular weight excluding hydrogens is 815 g/mol. The molecule has 3 aromatic heterocycles. The van der Waals surface area contributed by atoms with Crippen LogP contribution in [0, 0.1) is 23.5 Å². The summed E-state index contributed by atoms with van der Waals surface area (Å²) in [6, 6.07) is 13.4. The number of pyridine rings is 1. The molecule has 5 amide bonds. The molecule has 3 aromatic carbocycles. The van der Waals surface area contributed by atoms with Crippen molar-refractivity contribution in [3.63, 3.8) is 0 Å². The lowest BCUT2D eigenvalue weighted by Crippen LogP contribution is -2.54. The van der Waals surface area contributed by atoms with Gasteiger partial charge in [-0.15, -0.1) is 5.10 Å². The number of aromatic amines is 1. The molecule has 3 N–H and O–H groups in total. The number of hydrogen-bond acceptors (Lipinski definition) is 9. The number of hydrogen-bond donors (Lipinski definition) is 3. The summed E-state index contributed by atoms with van der Waals surface area (Å²) < 4.78 is 37.3. The molecule has 0 saturated carbocycles. The van der Waals surface area contributed by atoms with Crippen molar-refractivity contribution >= 4 is 46.1 Å². The Morgan fingerprint density at radius 1 is 0.921 bits per heavy atom. The minimum atomic E-state index is -1.04. The second kappa shape index (κ2) is 18.1. The predicted octanol–water partition coefficient (Wildman–Crippen LogP) is 6.17. The summed E-state index contributed by atoms with van der Waals surface area (Å²) in [7, 11) is 1.61. The molecule has 0 spiro atoms. The molecule has 63 heavy (non-hydrogen) atoms. The quantitative estimate of drug-likeness (QED) is 0.0654. The third-order valence-corrected chi connectivity index (χ3v) is 10.9. The number of H-pyrrole nitrogens is 1. The van der Waals surface area contributed by atoms with Crippen molar-refractivity contribution in [3.8, 4) is 34.5 Å². The maximum absolute atomic E-state index is 14.6. The number of amides is 5. The van der Waals surface area contributed by atoms with Crippen molar-refractivity contribution < 1.29 is 37.5 Å². The van der Waals surface area contributed by atoms with E-state index < -0.39 is 41.3 Å². The molecule has 0 bridgehead atoms. The van der Waals surface area contributed by atoms with E-state index in [1.165, 1.54) is 16.7 Å². The molecule has 0 radical (unpaired) electrons. The molecule has 6 aromatic rings. The number of ether oxygens (including phenoxy) is 1. The van der Waals surface area contributed by atoms with Gasteiger partial charge in [0.25, 0.3) is 17.4 Å². The standard InChI is InChI=1S/C46H40F2N8O7/c1-54-26-34(31-20-21-49-42(31)46(54)62)33-24-29(15-18-37(33)63-38-17-14-28(47)23-35(38)48)50-39(57)13-8-11-30-25-55(53-52-30)22-6-4-2-3-5-9-27-10-7-12-32-41(27)45(61)56(44(32)60)36-16-19-40(58)51-43(36)59/h7,10,12,14-15,17-18,20-21,23-26,36,49H,2-4,6,8,11,13,16,19,22H2,1H3,(H,50,57)(H,51,58,59). The highest BCUT2D eigenvalue weighted by Crippen LogP contribution is 2.39. The van der Waals surface area contributed by atoms with Crippen molar-refractivity contribution in [2.45, 2.75) is 70.4 Å². The number of carbonyl (C=O) groups is 5. The van der Waals surface area contributed by atoms with Crippen LogP contribution in [-0.2, 0) is 34.4 Å². The highest BCUT2D eigenvalue weighted by atomic mass is 19.1. The lowest BCUT2D eigenvalue weighted by atomic mass is 10.0. The molecule has 1 unspecified atom stereocenters. The smallest absolute Gasteiger partial charge is 0.274 e. The van der Waals surface area contributed by atoms with Gasteiger partial charge in [0.15, 0.2) is 11.6 Å². The van der Waals surface area contributed by atoms with Gasteiger partial charge in [-0.1, -0.05) is 29.5 Å². The largest absolute Gasteiger partial charge is 0.454 e. The molecular formula is C46H40F2N8O7. The van der Waals surface area contributed by atoms with Crippen LogP contribution in [0.4, 0.5) is 14.5 Å². The molecule has 1 atom stereocenters. The molecule has 320 valence electrons. The van der Waals surface area contributed by atoms with Crippen molar-refractivity contribution in [1.82, 2.24) is 34.8 Å². The fraction of sp³-hybridized carbons (Fsp3) is 0.261. The van der Waals surface area contributed by atoms with Crippen LogP contribution >= 0.6 is 0 Å². The summed E-state index contributed by atoms with van der Waals surface area (Å²) in [5.74, 6) is 2.02. The number of nitrogens with zero attached hydrogens (tertiary/aromatic N) is 5. The predicted molar refractivity (Wildman–Crippen MR) is 225 cm³/mol. The number of benzene rings is 3. The first-order chi connectivity index (χ1) is 30.4. The Labute approximate surface area is 358 Å². The highest BCUT2D eigenvalue weighted by molar-refractivity contribution is 6.24. The van der Waals surface area contributed by atoms with Gasteiger partial charge in [-0.05, 0) is 80.6 Å². The first-order valence-electron chi connectivity index (χ1n) is 20.4. The second-order valence-corrected chi connectivity index (χ2v) is 15.3. The SMILES string of the molecule is Cn1cc(-c2cc(NC(=O)CCCc3cn(CCCCCC#Cc4cccc5c4C(=O)N(C4CCC(=O)NC4=O)C5=O)nn3)ccc2Oc2ccc(F)cc2F)c2cc[nH]c2c1=O. The fourth-order valence-corrected chi connectivity index (χ4v) is 7.72. The number of imide groups is 2. The summed E-state index contributed by atoms with van der Waals surface area (Å²) >= 11 is 0. The van der Waals surface area contributed by atoms with E-state index in [2.05, 4.69) is 37.8 Å². The van der Waals surface area contributed by atoms with Crippen molar-refractivity contribution in [1.29, 1.82) is 0 Å². The topological polar surface area (TPSA) is 190 Å². The number of carbonyl (C=O) groups excluding carboxylic acids is 5. The minimum Gasteiger partial charge on any atom is -0.454 e. The molecule has 17 heteroatoms. The Hall–Kier alpha value is -7.74. The van der Waals surface area contributed by atoms with Gasteiger partial charge in [0.2, 0.25) is 17.7 Å². The van der Waals surface area contributed by atoms with Gasteiger partial charge in [0.05, 0.1) is 16.8 Å². The minimum absolute atomic E-state index is 0.0447. The number of rotatable bonds is 14. The van der Waals surface area contributed by atoms with Crippen molar-refractivity contribution in [3.05, 3.63) is 124 Å². The first kappa shape index (κ1) is 42.0. The van der Waals surface area contributed by atoms with Crippen LogP contribution < -0.4 is 20.9 Å². The first-order valence-corrected chi connectivity index (χ1v) is 20.4. The number of aryl methyl sites for hydroxylation is 3. The van der Waals surface area contributed by atoms with Crippen LogP contribution in [0.25, 0.3) is 22.0 Å². The Balaban J connectivity index is 0.812. The summed E-state index contributed by atoms with van der Waals surface area (Å²) in [4.78, 5) is 80.1. The van der Waals surface area contributed by atoms with Crippen LogP contribution in [0.15, 0.2) is 84.0 Å². The maximum atomic E-state index is 14.6. The second-order valence-electron chi connectivity index (χ2n) is 15.3. The van der Waals surface area contributed by atoms with Gasteiger partial charge >= 0.3 is 0 Å². The fourth-order valence-electron chi connectivity index (χ4n) is 7.72. The van der Waals surface area contributed by atoms with E-state index in [0.717, 1.165) is 42.0 Å². The van der Waals surface area contributed by atoms with Gasteiger partial charge in [-0.3, -0.25) is 43.7 Å². The van der Waals surface area contributed by atoms with Crippen LogP contribution in [0.2, 0.25) is 0 Å². The molecule has 1 saturated heterocycles. The number of unbranched alkanes of at least 4 members (excludes halogenated alkanes) is 3. The summed E-state index contributed by atoms with van der Waals surface area (Å²) in [6.07, 6.45) is 9.50. The van der Waals surface area contributed by atoms with Gasteiger partial charge in [-0.2, -0.15) is 0 Å². The average Bonchev–Trinajstić information content (AvgIpc) is 4.00. The van der Waals surface area contributed by atoms with Crippen LogP contribution in [0.5, 0.6) is 11.5 Å². The zero-order valence-electron chi connectivity index (χ0n) is 34.0. The van der Waals surface area contributed by atoms with Gasteiger partial charge < -0.3 is 19.6 Å². The normalized spacial score (nSPS) is 14.7. The molecule has 0 aliphatic carbocycles. The van der Waals surface area contributed by atoms with Crippen LogP contribution in [0.1, 0.15) is 83.3 Å². The average molecular weight is 855 g/mol. The number of piperidine rings is 1.